The molecule has 0 fully saturated rings. The number of rotatable bonds is 12. The van der Waals surface area contributed by atoms with Gasteiger partial charge in [-0.25, -0.2) is 4.98 Å². The highest BCUT2D eigenvalue weighted by atomic mass is 28.3. The van der Waals surface area contributed by atoms with E-state index in [9.17, 15) is 0 Å². The Balaban J connectivity index is 0.991. The van der Waals surface area contributed by atoms with Gasteiger partial charge in [0, 0.05) is 38.4 Å². The van der Waals surface area contributed by atoms with E-state index in [1.807, 2.05) is 0 Å². The maximum Gasteiger partial charge on any atom is 0.238 e. The molecule has 0 N–H and O–H groups in total. The van der Waals surface area contributed by atoms with Crippen molar-refractivity contribution < 1.29 is 0 Å². The molecule has 0 atom stereocenters. The minimum Gasteiger partial charge on any atom is -0.309 e. The Hall–Kier alpha value is -10.3. The van der Waals surface area contributed by atoms with Gasteiger partial charge in [0.25, 0.3) is 0 Å². The van der Waals surface area contributed by atoms with Crippen molar-refractivity contribution in [3.63, 3.8) is 0 Å². The van der Waals surface area contributed by atoms with Crippen molar-refractivity contribution >= 4 is 101 Å². The Morgan fingerprint density at radius 2 is 0.524 bits per heavy atom. The monoisotopic (exact) mass is 1080 g/mol. The van der Waals surface area contributed by atoms with Crippen LogP contribution in [0.3, 0.4) is 0 Å². The topological polar surface area (TPSA) is 48.5 Å². The van der Waals surface area contributed by atoms with E-state index >= 15 is 0 Å². The van der Waals surface area contributed by atoms with Gasteiger partial charge in [0.2, 0.25) is 5.95 Å². The zero-order chi connectivity index (χ0) is 54.5. The van der Waals surface area contributed by atoms with Crippen LogP contribution in [0.4, 0.5) is 0 Å². The standard InChI is InChI=1S/C75H53N5Si2/c1-7-29-57(30-8-1)81(58-31-9-2-10-32-58,59-33-11-3-12-34-59)63-41-25-27-54(51-63)73-76-74(55-28-26-42-64(52-55)82(60-35-13-4-14-36-60,61-37-15-5-16-38-61)62-39-17-6-18-40-62)78-75(77-73)80-71-48-24-21-45-67(71)68-53-56(49-50-72(68)80)79-69-46-22-19-43-65(69)66-44-20-23-47-70(66)79/h1-53H. The number of fused-ring (bicyclic) bond motifs is 6. The molecule has 0 spiro atoms. The maximum absolute atomic E-state index is 5.64. The predicted octanol–water partition coefficient (Wildman–Crippen LogP) is 12.2. The highest BCUT2D eigenvalue weighted by Gasteiger charge is 2.43. The van der Waals surface area contributed by atoms with E-state index in [2.05, 4.69) is 331 Å². The van der Waals surface area contributed by atoms with Crippen molar-refractivity contribution in [2.24, 2.45) is 0 Å². The van der Waals surface area contributed by atoms with E-state index in [4.69, 9.17) is 15.0 Å². The fourth-order valence-electron chi connectivity index (χ4n) is 13.2. The third-order valence-corrected chi connectivity index (χ3v) is 26.2. The van der Waals surface area contributed by atoms with E-state index in [1.165, 1.54) is 63.3 Å². The first-order chi connectivity index (χ1) is 40.7. The summed E-state index contributed by atoms with van der Waals surface area (Å²) in [4.78, 5) is 16.9. The molecule has 0 amide bonds. The highest BCUT2D eigenvalue weighted by Crippen LogP contribution is 2.37. The Labute approximate surface area is 478 Å². The van der Waals surface area contributed by atoms with E-state index in [1.54, 1.807) is 0 Å². The number of aromatic nitrogens is 5. The van der Waals surface area contributed by atoms with Gasteiger partial charge < -0.3 is 4.57 Å². The highest BCUT2D eigenvalue weighted by molar-refractivity contribution is 7.20. The second-order valence-electron chi connectivity index (χ2n) is 21.1. The summed E-state index contributed by atoms with van der Waals surface area (Å²) in [5.74, 6) is 1.73. The third kappa shape index (κ3) is 7.92. The first kappa shape index (κ1) is 48.8. The number of nitrogens with zero attached hydrogens (tertiary/aromatic N) is 5. The number of para-hydroxylation sites is 3. The lowest BCUT2D eigenvalue weighted by Gasteiger charge is -2.34. The Morgan fingerprint density at radius 1 is 0.220 bits per heavy atom. The van der Waals surface area contributed by atoms with Gasteiger partial charge >= 0.3 is 0 Å². The van der Waals surface area contributed by atoms with Gasteiger partial charge in [0.1, 0.15) is 0 Å². The van der Waals surface area contributed by atoms with Crippen LogP contribution in [0.25, 0.3) is 78.0 Å². The van der Waals surface area contributed by atoms with Crippen molar-refractivity contribution in [1.29, 1.82) is 0 Å². The third-order valence-electron chi connectivity index (χ3n) is 16.7. The Bertz CT molecular complexity index is 4360. The Kier molecular flexibility index (Phi) is 12.1. The largest absolute Gasteiger partial charge is 0.309 e. The summed E-state index contributed by atoms with van der Waals surface area (Å²) in [5, 5.41) is 14.9. The lowest BCUT2D eigenvalue weighted by Crippen LogP contribution is -2.74. The fourth-order valence-corrected chi connectivity index (χ4v) is 22.7. The zero-order valence-electron chi connectivity index (χ0n) is 44.8. The lowest BCUT2D eigenvalue weighted by molar-refractivity contribution is 0.953. The summed E-state index contributed by atoms with van der Waals surface area (Å²) in [7, 11) is -5.89. The minimum absolute atomic E-state index is 0.544. The molecule has 15 aromatic rings. The van der Waals surface area contributed by atoms with Gasteiger partial charge in [-0.05, 0) is 77.9 Å². The average Bonchev–Trinajstić information content (AvgIpc) is 3.36. The molecule has 0 radical (unpaired) electrons. The van der Waals surface area contributed by atoms with Crippen molar-refractivity contribution in [2.75, 3.05) is 0 Å². The van der Waals surface area contributed by atoms with Crippen molar-refractivity contribution in [1.82, 2.24) is 24.1 Å². The number of benzene rings is 12. The molecule has 82 heavy (non-hydrogen) atoms. The van der Waals surface area contributed by atoms with Gasteiger partial charge in [0.05, 0.1) is 22.1 Å². The van der Waals surface area contributed by atoms with Crippen LogP contribution in [-0.2, 0) is 0 Å². The molecule has 0 saturated carbocycles. The van der Waals surface area contributed by atoms with Gasteiger partial charge in [-0.3, -0.25) is 4.57 Å². The molecule has 0 aliphatic heterocycles. The lowest BCUT2D eigenvalue weighted by atomic mass is 10.1. The Morgan fingerprint density at radius 3 is 0.902 bits per heavy atom. The van der Waals surface area contributed by atoms with Gasteiger partial charge in [0.15, 0.2) is 27.8 Å². The summed E-state index contributed by atoms with van der Waals surface area (Å²) in [6.07, 6.45) is 0. The predicted molar refractivity (Wildman–Crippen MR) is 347 cm³/mol. The molecule has 0 aliphatic rings. The van der Waals surface area contributed by atoms with Crippen LogP contribution < -0.4 is 41.5 Å². The number of hydrogen-bond donors (Lipinski definition) is 0. The van der Waals surface area contributed by atoms with Crippen LogP contribution in [-0.4, -0.2) is 40.2 Å². The zero-order valence-corrected chi connectivity index (χ0v) is 46.8. The van der Waals surface area contributed by atoms with Gasteiger partial charge in [-0.2, -0.15) is 9.97 Å². The molecule has 12 aromatic carbocycles. The van der Waals surface area contributed by atoms with Crippen LogP contribution in [0.5, 0.6) is 0 Å². The molecule has 386 valence electrons. The normalized spacial score (nSPS) is 11.9. The quantitative estimate of drug-likeness (QED) is 0.0905. The summed E-state index contributed by atoms with van der Waals surface area (Å²) in [6.45, 7) is 0. The molecule has 0 bridgehead atoms. The van der Waals surface area contributed by atoms with E-state index < -0.39 is 16.1 Å². The summed E-state index contributed by atoms with van der Waals surface area (Å²) >= 11 is 0. The molecule has 3 heterocycles. The van der Waals surface area contributed by atoms with E-state index in [-0.39, 0.29) is 0 Å². The first-order valence-electron chi connectivity index (χ1n) is 28.0. The van der Waals surface area contributed by atoms with Crippen LogP contribution in [0.15, 0.2) is 322 Å². The summed E-state index contributed by atoms with van der Waals surface area (Å²) < 4.78 is 4.64. The molecule has 0 unspecified atom stereocenters. The van der Waals surface area contributed by atoms with Gasteiger partial charge in [-0.1, -0.05) is 285 Å². The molecule has 3 aromatic heterocycles. The average molecular weight is 1080 g/mol. The molecular formula is C75H53N5Si2. The second kappa shape index (κ2) is 20.4. The summed E-state index contributed by atoms with van der Waals surface area (Å²) in [5.41, 5.74) is 7.26. The van der Waals surface area contributed by atoms with Gasteiger partial charge in [-0.15, -0.1) is 0 Å². The van der Waals surface area contributed by atoms with E-state index in [0.717, 1.165) is 38.6 Å². The van der Waals surface area contributed by atoms with Crippen LogP contribution in [0.2, 0.25) is 0 Å². The summed E-state index contributed by atoms with van der Waals surface area (Å²) in [6, 6.07) is 117. The molecule has 5 nitrogen and oxygen atoms in total. The fraction of sp³-hybridized carbons (Fsp3) is 0. The minimum atomic E-state index is -2.94. The van der Waals surface area contributed by atoms with Crippen LogP contribution >= 0.6 is 0 Å². The number of hydrogen-bond acceptors (Lipinski definition) is 3. The first-order valence-corrected chi connectivity index (χ1v) is 32.0. The molecule has 15 rings (SSSR count). The maximum atomic E-state index is 5.64. The molecule has 0 saturated heterocycles. The van der Waals surface area contributed by atoms with Crippen molar-refractivity contribution in [2.45, 2.75) is 0 Å². The molecule has 0 aliphatic carbocycles. The van der Waals surface area contributed by atoms with Crippen molar-refractivity contribution in [3.8, 4) is 34.4 Å². The molecule has 7 heteroatoms. The van der Waals surface area contributed by atoms with Crippen LogP contribution in [0, 0.1) is 0 Å². The molecular weight excluding hydrogens is 1030 g/mol. The second-order valence-corrected chi connectivity index (χ2v) is 28.7. The van der Waals surface area contributed by atoms with Crippen LogP contribution in [0.1, 0.15) is 0 Å². The smallest absolute Gasteiger partial charge is 0.238 e. The SMILES string of the molecule is c1ccc([Si](c2ccccc2)(c2ccccc2)c2cccc(-c3nc(-c4cccc([Si](c5ccccc5)(c5ccccc5)c5ccccc5)c4)nc(-n4c5ccccc5c5cc(-n6c7ccccc7c7ccccc76)ccc54)n3)c2)cc1. The van der Waals surface area contributed by atoms with E-state index in [0.29, 0.717) is 17.6 Å². The van der Waals surface area contributed by atoms with Crippen molar-refractivity contribution in [3.05, 3.63) is 322 Å².